The Hall–Kier alpha value is -2.41. The van der Waals surface area contributed by atoms with Crippen LogP contribution in [0.4, 0.5) is 0 Å². The number of carboxylic acid groups (broad SMARTS) is 3. The maximum Gasteiger partial charge on any atom is 0.327 e. The number of aliphatic hydroxyl groups excluding tert-OH is 1. The Morgan fingerprint density at radius 1 is 0.586 bits per heavy atom. The first-order valence-electron chi connectivity index (χ1n) is 9.90. The topological polar surface area (TPSA) is 132 Å². The average molecular weight is 417 g/mol. The van der Waals surface area contributed by atoms with Crippen LogP contribution in [0.2, 0.25) is 0 Å². The molecule has 0 aromatic carbocycles. The smallest absolute Gasteiger partial charge is 0.327 e. The van der Waals surface area contributed by atoms with E-state index in [0.29, 0.717) is 6.61 Å². The van der Waals surface area contributed by atoms with Gasteiger partial charge < -0.3 is 20.4 Å². The molecule has 0 radical (unpaired) electrons. The van der Waals surface area contributed by atoms with Crippen LogP contribution < -0.4 is 0 Å². The Balaban J connectivity index is -0.000000171. The number of carbonyl (C=O) groups is 3. The summed E-state index contributed by atoms with van der Waals surface area (Å²) >= 11 is 0. The van der Waals surface area contributed by atoms with Crippen LogP contribution >= 0.6 is 0 Å². The van der Waals surface area contributed by atoms with Gasteiger partial charge in [0.2, 0.25) is 0 Å². The fourth-order valence-corrected chi connectivity index (χ4v) is 1.78. The number of aliphatic carboxylic acids is 3. The first kappa shape index (κ1) is 34.1. The highest BCUT2D eigenvalue weighted by molar-refractivity contribution is 5.79. The molecule has 29 heavy (non-hydrogen) atoms. The predicted molar refractivity (Wildman–Crippen MR) is 117 cm³/mol. The van der Waals surface area contributed by atoms with Gasteiger partial charge in [-0.2, -0.15) is 0 Å². The maximum absolute atomic E-state index is 9.25. The number of hydrogen-bond donors (Lipinski definition) is 4. The lowest BCUT2D eigenvalue weighted by molar-refractivity contribution is -0.132. The van der Waals surface area contributed by atoms with Crippen LogP contribution in [0, 0.1) is 0 Å². The van der Waals surface area contributed by atoms with Gasteiger partial charge in [0, 0.05) is 24.8 Å². The van der Waals surface area contributed by atoms with E-state index in [1.165, 1.54) is 64.2 Å². The molecule has 0 aliphatic rings. The van der Waals surface area contributed by atoms with Gasteiger partial charge in [-0.15, -0.1) is 0 Å². The minimum Gasteiger partial charge on any atom is -0.478 e. The van der Waals surface area contributed by atoms with Crippen molar-refractivity contribution in [2.45, 2.75) is 77.6 Å². The van der Waals surface area contributed by atoms with Gasteiger partial charge in [0.15, 0.2) is 0 Å². The van der Waals surface area contributed by atoms with E-state index in [1.54, 1.807) is 0 Å². The Morgan fingerprint density at radius 2 is 0.793 bits per heavy atom. The molecule has 0 saturated heterocycles. The summed E-state index contributed by atoms with van der Waals surface area (Å²) < 4.78 is 0. The van der Waals surface area contributed by atoms with E-state index in [1.807, 2.05) is 0 Å². The molecule has 7 nitrogen and oxygen atoms in total. The molecule has 0 aromatic heterocycles. The van der Waals surface area contributed by atoms with Gasteiger partial charge in [-0.05, 0) is 6.42 Å². The molecule has 0 aliphatic heterocycles. The number of rotatable bonds is 14. The van der Waals surface area contributed by atoms with E-state index in [-0.39, 0.29) is 0 Å². The molecule has 0 atom stereocenters. The van der Waals surface area contributed by atoms with E-state index >= 15 is 0 Å². The zero-order chi connectivity index (χ0) is 23.3. The van der Waals surface area contributed by atoms with E-state index in [2.05, 4.69) is 26.7 Å². The minimum atomic E-state index is -0.981. The van der Waals surface area contributed by atoms with Gasteiger partial charge >= 0.3 is 17.9 Å². The van der Waals surface area contributed by atoms with Gasteiger partial charge in [0.05, 0.1) is 0 Å². The van der Waals surface area contributed by atoms with E-state index in [0.717, 1.165) is 24.6 Å². The molecule has 0 fully saturated rings. The van der Waals surface area contributed by atoms with Crippen molar-refractivity contribution >= 4 is 17.9 Å². The lowest BCUT2D eigenvalue weighted by atomic mass is 10.1. The number of hydrogen-bond acceptors (Lipinski definition) is 4. The number of carboxylic acids is 3. The lowest BCUT2D eigenvalue weighted by Gasteiger charge is -2.01. The summed E-state index contributed by atoms with van der Waals surface area (Å²) in [7, 11) is 0. The molecule has 0 aromatic rings. The van der Waals surface area contributed by atoms with Crippen molar-refractivity contribution in [2.75, 3.05) is 6.61 Å². The molecule has 4 N–H and O–H groups in total. The van der Waals surface area contributed by atoms with Crippen LogP contribution in [0.25, 0.3) is 0 Å². The second-order valence-electron chi connectivity index (χ2n) is 5.89. The third kappa shape index (κ3) is 66.9. The predicted octanol–water partition coefficient (Wildman–Crippen LogP) is 5.06. The summed E-state index contributed by atoms with van der Waals surface area (Å²) in [4.78, 5) is 27.8. The molecule has 0 bridgehead atoms. The van der Waals surface area contributed by atoms with Crippen molar-refractivity contribution in [3.63, 3.8) is 0 Å². The van der Waals surface area contributed by atoms with E-state index < -0.39 is 17.9 Å². The Bertz CT molecular complexity index is 363. The fourth-order valence-electron chi connectivity index (χ4n) is 1.78. The largest absolute Gasteiger partial charge is 0.478 e. The molecular formula is C22H40O7. The molecule has 0 spiro atoms. The third-order valence-corrected chi connectivity index (χ3v) is 3.29. The quantitative estimate of drug-likeness (QED) is 0.230. The minimum absolute atomic E-state index is 0.372. The summed E-state index contributed by atoms with van der Waals surface area (Å²) in [6.07, 6.45) is 17.3. The summed E-state index contributed by atoms with van der Waals surface area (Å²) in [6, 6.07) is 0. The molecule has 0 amide bonds. The first-order chi connectivity index (χ1) is 13.7. The monoisotopic (exact) mass is 416 g/mol. The molecule has 0 aliphatic carbocycles. The summed E-state index contributed by atoms with van der Waals surface area (Å²) in [6.45, 7) is 11.5. The van der Waals surface area contributed by atoms with Crippen LogP contribution in [0.15, 0.2) is 38.0 Å². The molecule has 0 saturated carbocycles. The highest BCUT2D eigenvalue weighted by Crippen LogP contribution is 2.10. The first-order valence-corrected chi connectivity index (χ1v) is 9.90. The summed E-state index contributed by atoms with van der Waals surface area (Å²) in [5, 5.41) is 31.4. The number of aliphatic hydroxyl groups is 1. The van der Waals surface area contributed by atoms with Crippen LogP contribution in [0.5, 0.6) is 0 Å². The fraction of sp³-hybridized carbons (Fsp3) is 0.591. The van der Waals surface area contributed by atoms with Gasteiger partial charge in [-0.1, -0.05) is 90.9 Å². The second kappa shape index (κ2) is 33.2. The van der Waals surface area contributed by atoms with Gasteiger partial charge in [0.25, 0.3) is 0 Å². The van der Waals surface area contributed by atoms with Crippen molar-refractivity contribution in [3.05, 3.63) is 38.0 Å². The Morgan fingerprint density at radius 3 is 0.966 bits per heavy atom. The van der Waals surface area contributed by atoms with Crippen LogP contribution in [0.1, 0.15) is 77.6 Å². The average Bonchev–Trinajstić information content (AvgIpc) is 2.70. The van der Waals surface area contributed by atoms with Crippen LogP contribution in [0.3, 0.4) is 0 Å². The maximum atomic E-state index is 9.25. The van der Waals surface area contributed by atoms with E-state index in [9.17, 15) is 14.4 Å². The Kier molecular flexibility index (Phi) is 39.1. The Labute approximate surface area is 175 Å². The van der Waals surface area contributed by atoms with Crippen molar-refractivity contribution in [3.8, 4) is 0 Å². The third-order valence-electron chi connectivity index (χ3n) is 3.29. The SMILES string of the molecule is C=CC(=O)O.C=CC(=O)O.C=CC(=O)O.CCCCCCCCCCCCCO. The molecule has 0 rings (SSSR count). The second-order valence-corrected chi connectivity index (χ2v) is 5.89. The normalized spacial score (nSPS) is 8.48. The summed E-state index contributed by atoms with van der Waals surface area (Å²) in [5.41, 5.74) is 0. The van der Waals surface area contributed by atoms with Crippen molar-refractivity contribution in [1.82, 2.24) is 0 Å². The van der Waals surface area contributed by atoms with Crippen molar-refractivity contribution < 1.29 is 34.8 Å². The van der Waals surface area contributed by atoms with Gasteiger partial charge in [-0.25, -0.2) is 14.4 Å². The van der Waals surface area contributed by atoms with Crippen molar-refractivity contribution in [2.24, 2.45) is 0 Å². The zero-order valence-corrected chi connectivity index (χ0v) is 17.9. The highest BCUT2D eigenvalue weighted by Gasteiger charge is 1.91. The molecule has 7 heteroatoms. The molecule has 0 unspecified atom stereocenters. The molecule has 170 valence electrons. The summed E-state index contributed by atoms with van der Waals surface area (Å²) in [5.74, 6) is -2.94. The van der Waals surface area contributed by atoms with Gasteiger partial charge in [0.1, 0.15) is 0 Å². The van der Waals surface area contributed by atoms with Gasteiger partial charge in [-0.3, -0.25) is 0 Å². The number of unbranched alkanes of at least 4 members (excludes halogenated alkanes) is 10. The highest BCUT2D eigenvalue weighted by atomic mass is 16.4. The van der Waals surface area contributed by atoms with E-state index in [4.69, 9.17) is 20.4 Å². The van der Waals surface area contributed by atoms with Crippen LogP contribution in [-0.2, 0) is 14.4 Å². The molecular weight excluding hydrogens is 376 g/mol. The van der Waals surface area contributed by atoms with Crippen LogP contribution in [-0.4, -0.2) is 44.9 Å². The standard InChI is InChI=1S/C13H28O.3C3H4O2/c1-2-3-4-5-6-7-8-9-10-11-12-13-14;3*1-2-3(4)5/h14H,2-13H2,1H3;3*2H,1H2,(H,4,5). The zero-order valence-electron chi connectivity index (χ0n) is 17.9. The van der Waals surface area contributed by atoms with Crippen molar-refractivity contribution in [1.29, 1.82) is 0 Å². The lowest BCUT2D eigenvalue weighted by Crippen LogP contribution is -1.84. The molecule has 0 heterocycles.